The van der Waals surface area contributed by atoms with E-state index in [1.54, 1.807) is 7.11 Å². The van der Waals surface area contributed by atoms with Gasteiger partial charge in [0.15, 0.2) is 11.6 Å². The van der Waals surface area contributed by atoms with Gasteiger partial charge >= 0.3 is 0 Å². The number of halogens is 2. The quantitative estimate of drug-likeness (QED) is 0.826. The Morgan fingerprint density at radius 2 is 2.00 bits per heavy atom. The van der Waals surface area contributed by atoms with Crippen LogP contribution in [0.2, 0.25) is 0 Å². The summed E-state index contributed by atoms with van der Waals surface area (Å²) in [5.41, 5.74) is 4.79. The molecule has 1 aliphatic carbocycles. The summed E-state index contributed by atoms with van der Waals surface area (Å²) < 4.78 is 59.1. The minimum Gasteiger partial charge on any atom is -0.399 e. The number of nitrogens with two attached hydrogens (primary N) is 1. The first-order valence-electron chi connectivity index (χ1n) is 6.39. The fourth-order valence-electron chi connectivity index (χ4n) is 2.52. The molecule has 1 fully saturated rings. The summed E-state index contributed by atoms with van der Waals surface area (Å²) in [5.74, 6) is -2.73. The van der Waals surface area contributed by atoms with E-state index in [2.05, 4.69) is 4.72 Å². The molecule has 0 aliphatic heterocycles. The Morgan fingerprint density at radius 1 is 1.38 bits per heavy atom. The summed E-state index contributed by atoms with van der Waals surface area (Å²) in [6, 6.07) is 1.22. The van der Waals surface area contributed by atoms with E-state index in [1.807, 2.05) is 13.8 Å². The van der Waals surface area contributed by atoms with Gasteiger partial charge in [-0.3, -0.25) is 0 Å². The van der Waals surface area contributed by atoms with Gasteiger partial charge in [-0.1, -0.05) is 13.8 Å². The van der Waals surface area contributed by atoms with Crippen molar-refractivity contribution in [1.82, 2.24) is 4.72 Å². The van der Waals surface area contributed by atoms with Crippen molar-refractivity contribution in [3.05, 3.63) is 23.8 Å². The monoisotopic (exact) mass is 320 g/mol. The molecule has 0 radical (unpaired) electrons. The molecule has 0 aromatic heterocycles. The molecule has 2 unspecified atom stereocenters. The first kappa shape index (κ1) is 16.1. The topological polar surface area (TPSA) is 81.4 Å². The Balaban J connectivity index is 2.29. The van der Waals surface area contributed by atoms with Crippen LogP contribution in [-0.4, -0.2) is 27.7 Å². The Kier molecular flexibility index (Phi) is 3.98. The van der Waals surface area contributed by atoms with E-state index in [1.165, 1.54) is 0 Å². The standard InChI is InChI=1S/C13H18F2N2O3S/c1-13(2)10(6-11(13)20-3)17-21(18,19)9-5-7(16)4-8(14)12(9)15/h4-5,10-11,17H,6,16H2,1-3H3. The Hall–Kier alpha value is -1.25. The lowest BCUT2D eigenvalue weighted by atomic mass is 9.65. The SMILES string of the molecule is COC1CC(NS(=O)(=O)c2cc(N)cc(F)c2F)C1(C)C. The summed E-state index contributed by atoms with van der Waals surface area (Å²) in [7, 11) is -2.65. The number of nitrogen functional groups attached to an aromatic ring is 1. The zero-order chi connectivity index (χ0) is 16.0. The highest BCUT2D eigenvalue weighted by molar-refractivity contribution is 7.89. The maximum absolute atomic E-state index is 13.7. The number of methoxy groups -OCH3 is 1. The van der Waals surface area contributed by atoms with Crippen LogP contribution in [0.4, 0.5) is 14.5 Å². The lowest BCUT2D eigenvalue weighted by Gasteiger charge is -2.50. The van der Waals surface area contributed by atoms with Crippen LogP contribution in [0.3, 0.4) is 0 Å². The van der Waals surface area contributed by atoms with Crippen molar-refractivity contribution in [1.29, 1.82) is 0 Å². The van der Waals surface area contributed by atoms with E-state index in [4.69, 9.17) is 10.5 Å². The lowest BCUT2D eigenvalue weighted by Crippen LogP contribution is -2.61. The van der Waals surface area contributed by atoms with Gasteiger partial charge in [0.1, 0.15) is 4.90 Å². The van der Waals surface area contributed by atoms with Crippen LogP contribution >= 0.6 is 0 Å². The number of sulfonamides is 1. The summed E-state index contributed by atoms with van der Waals surface area (Å²) in [5, 5.41) is 0. The van der Waals surface area contributed by atoms with Crippen molar-refractivity contribution in [2.24, 2.45) is 5.41 Å². The summed E-state index contributed by atoms with van der Waals surface area (Å²) in [6.07, 6.45) is 0.377. The first-order valence-corrected chi connectivity index (χ1v) is 7.87. The highest BCUT2D eigenvalue weighted by Gasteiger charge is 2.50. The number of hydrogen-bond donors (Lipinski definition) is 2. The van der Waals surface area contributed by atoms with Crippen LogP contribution in [-0.2, 0) is 14.8 Å². The zero-order valence-corrected chi connectivity index (χ0v) is 12.8. The van der Waals surface area contributed by atoms with Crippen LogP contribution < -0.4 is 10.5 Å². The zero-order valence-electron chi connectivity index (χ0n) is 12.0. The van der Waals surface area contributed by atoms with Crippen LogP contribution in [0, 0.1) is 17.0 Å². The molecule has 1 aromatic rings. The number of nitrogens with one attached hydrogen (secondary N) is 1. The van der Waals surface area contributed by atoms with Gasteiger partial charge in [-0.2, -0.15) is 0 Å². The third-order valence-corrected chi connectivity index (χ3v) is 5.54. The average Bonchev–Trinajstić information content (AvgIpc) is 2.38. The fraction of sp³-hybridized carbons (Fsp3) is 0.538. The van der Waals surface area contributed by atoms with E-state index < -0.39 is 38.0 Å². The Bertz CT molecular complexity index is 662. The van der Waals surface area contributed by atoms with Crippen LogP contribution in [0.1, 0.15) is 20.3 Å². The van der Waals surface area contributed by atoms with E-state index in [0.717, 1.165) is 12.1 Å². The van der Waals surface area contributed by atoms with Crippen molar-refractivity contribution >= 4 is 15.7 Å². The number of hydrogen-bond acceptors (Lipinski definition) is 4. The number of benzene rings is 1. The molecular formula is C13H18F2N2O3S. The second-order valence-electron chi connectivity index (χ2n) is 5.77. The largest absolute Gasteiger partial charge is 0.399 e. The van der Waals surface area contributed by atoms with Crippen LogP contribution in [0.15, 0.2) is 17.0 Å². The average molecular weight is 320 g/mol. The molecule has 1 aliphatic rings. The summed E-state index contributed by atoms with van der Waals surface area (Å²) in [4.78, 5) is -0.781. The molecule has 0 bridgehead atoms. The third-order valence-electron chi connectivity index (χ3n) is 4.07. The van der Waals surface area contributed by atoms with Crippen LogP contribution in [0.5, 0.6) is 0 Å². The molecule has 1 saturated carbocycles. The van der Waals surface area contributed by atoms with Gasteiger partial charge in [-0.05, 0) is 18.6 Å². The van der Waals surface area contributed by atoms with E-state index >= 15 is 0 Å². The van der Waals surface area contributed by atoms with Crippen molar-refractivity contribution in [2.75, 3.05) is 12.8 Å². The third kappa shape index (κ3) is 2.75. The lowest BCUT2D eigenvalue weighted by molar-refractivity contribution is -0.0908. The predicted molar refractivity (Wildman–Crippen MR) is 74.1 cm³/mol. The number of ether oxygens (including phenoxy) is 1. The molecule has 21 heavy (non-hydrogen) atoms. The molecule has 8 heteroatoms. The van der Waals surface area contributed by atoms with Gasteiger partial charge in [0.05, 0.1) is 6.10 Å². The predicted octanol–water partition coefficient (Wildman–Crippen LogP) is 1.64. The second-order valence-corrected chi connectivity index (χ2v) is 7.45. The smallest absolute Gasteiger partial charge is 0.243 e. The molecule has 0 heterocycles. The van der Waals surface area contributed by atoms with Gasteiger partial charge in [-0.25, -0.2) is 21.9 Å². The van der Waals surface area contributed by atoms with Gasteiger partial charge in [0.2, 0.25) is 10.0 Å². The van der Waals surface area contributed by atoms with Crippen molar-refractivity contribution in [2.45, 2.75) is 37.3 Å². The highest BCUT2D eigenvalue weighted by Crippen LogP contribution is 2.43. The normalized spacial score (nSPS) is 24.6. The molecule has 0 saturated heterocycles. The van der Waals surface area contributed by atoms with Crippen molar-refractivity contribution in [3.8, 4) is 0 Å². The summed E-state index contributed by atoms with van der Waals surface area (Å²) >= 11 is 0. The van der Waals surface area contributed by atoms with E-state index in [9.17, 15) is 17.2 Å². The molecule has 5 nitrogen and oxygen atoms in total. The maximum Gasteiger partial charge on any atom is 0.243 e. The first-order chi connectivity index (χ1) is 9.59. The molecule has 118 valence electrons. The molecule has 3 N–H and O–H groups in total. The van der Waals surface area contributed by atoms with E-state index in [0.29, 0.717) is 6.42 Å². The highest BCUT2D eigenvalue weighted by atomic mass is 32.2. The molecule has 2 atom stereocenters. The van der Waals surface area contributed by atoms with Crippen molar-refractivity contribution in [3.63, 3.8) is 0 Å². The Morgan fingerprint density at radius 3 is 2.52 bits per heavy atom. The molecular weight excluding hydrogens is 302 g/mol. The van der Waals surface area contributed by atoms with Gasteiger partial charge in [0, 0.05) is 24.3 Å². The maximum atomic E-state index is 13.7. The second kappa shape index (κ2) is 5.19. The molecule has 0 amide bonds. The number of anilines is 1. The minimum atomic E-state index is -4.20. The summed E-state index contributed by atoms with van der Waals surface area (Å²) in [6.45, 7) is 3.68. The van der Waals surface area contributed by atoms with Crippen LogP contribution in [0.25, 0.3) is 0 Å². The fourth-order valence-corrected chi connectivity index (χ4v) is 4.04. The number of rotatable bonds is 4. The molecule has 2 rings (SSSR count). The van der Waals surface area contributed by atoms with Gasteiger partial charge in [-0.15, -0.1) is 0 Å². The van der Waals surface area contributed by atoms with E-state index in [-0.39, 0.29) is 11.8 Å². The molecule has 0 spiro atoms. The molecule has 1 aromatic carbocycles. The van der Waals surface area contributed by atoms with Gasteiger partial charge in [0.25, 0.3) is 0 Å². The Labute approximate surface area is 122 Å². The van der Waals surface area contributed by atoms with Gasteiger partial charge < -0.3 is 10.5 Å². The minimum absolute atomic E-state index is 0.0902. The van der Waals surface area contributed by atoms with Crippen molar-refractivity contribution < 1.29 is 21.9 Å².